The third kappa shape index (κ3) is 8.32. The Morgan fingerprint density at radius 1 is 0.833 bits per heavy atom. The average molecular weight is 527 g/mol. The molecule has 2 aromatic rings. The minimum Gasteiger partial charge on any atom is -0.413 e. The zero-order chi connectivity index (χ0) is 27.4. The molecule has 2 aromatic heterocycles. The summed E-state index contributed by atoms with van der Waals surface area (Å²) in [7, 11) is -3.38. The first-order valence-electron chi connectivity index (χ1n) is 12.7. The van der Waals surface area contributed by atoms with Gasteiger partial charge in [0.05, 0.1) is 24.4 Å². The molecule has 0 atom stereocenters. The van der Waals surface area contributed by atoms with E-state index < -0.39 is 16.6 Å². The Morgan fingerprint density at radius 2 is 1.28 bits per heavy atom. The second kappa shape index (κ2) is 11.2. The molecular weight excluding hydrogens is 481 g/mol. The van der Waals surface area contributed by atoms with Crippen LogP contribution in [0.3, 0.4) is 0 Å². The highest BCUT2D eigenvalue weighted by molar-refractivity contribution is 6.74. The number of pyridine rings is 2. The van der Waals surface area contributed by atoms with E-state index in [0.717, 1.165) is 29.7 Å². The van der Waals surface area contributed by atoms with Crippen molar-refractivity contribution in [1.82, 2.24) is 9.97 Å². The maximum absolute atomic E-state index is 6.84. The lowest BCUT2D eigenvalue weighted by Gasteiger charge is -2.36. The van der Waals surface area contributed by atoms with Crippen molar-refractivity contribution in [3.05, 3.63) is 64.9 Å². The molecule has 0 amide bonds. The van der Waals surface area contributed by atoms with Crippen LogP contribution in [0.5, 0.6) is 0 Å². The minimum absolute atomic E-state index is 0.140. The first kappa shape index (κ1) is 30.3. The van der Waals surface area contributed by atoms with Crippen molar-refractivity contribution >= 4 is 22.5 Å². The summed E-state index contributed by atoms with van der Waals surface area (Å²) in [5.41, 5.74) is 9.18. The standard InChI is InChI=1S/C15H26N2OSi.C13H20N2OSi/c1-14(2,3)19(4,5)18-11-12-6-7-13(17-10-12)15(16)8-9-15;1-13(2,3)17(5,6)16-10-11-7-8-12(14-4)15-9-11/h6-7,10H,8-9,11,16H2,1-5H3;7-9H,10H2,1-3,5-6H3. The highest BCUT2D eigenvalue weighted by atomic mass is 28.4. The van der Waals surface area contributed by atoms with Crippen LogP contribution in [0.2, 0.25) is 36.3 Å². The molecule has 8 heteroatoms. The summed E-state index contributed by atoms with van der Waals surface area (Å²) in [6.45, 7) is 30.5. The molecule has 0 aromatic carbocycles. The molecule has 2 N–H and O–H groups in total. The Morgan fingerprint density at radius 3 is 1.58 bits per heavy atom. The Balaban J connectivity index is 0.000000255. The molecule has 0 spiro atoms. The first-order valence-corrected chi connectivity index (χ1v) is 18.6. The normalized spacial score (nSPS) is 15.5. The number of aromatic nitrogens is 2. The van der Waals surface area contributed by atoms with Crippen LogP contribution in [0.25, 0.3) is 4.85 Å². The van der Waals surface area contributed by atoms with Crippen LogP contribution in [0.4, 0.5) is 5.82 Å². The number of nitrogens with two attached hydrogens (primary N) is 1. The number of nitrogens with zero attached hydrogens (tertiary/aromatic N) is 3. The van der Waals surface area contributed by atoms with Crippen molar-refractivity contribution in [2.24, 2.45) is 5.73 Å². The molecule has 0 unspecified atom stereocenters. The van der Waals surface area contributed by atoms with Crippen molar-refractivity contribution in [2.75, 3.05) is 0 Å². The topological polar surface area (TPSA) is 74.6 Å². The largest absolute Gasteiger partial charge is 0.413 e. The van der Waals surface area contributed by atoms with Gasteiger partial charge < -0.3 is 19.4 Å². The van der Waals surface area contributed by atoms with E-state index in [2.05, 4.69) is 94.7 Å². The van der Waals surface area contributed by atoms with Gasteiger partial charge in [0.1, 0.15) is 6.20 Å². The lowest BCUT2D eigenvalue weighted by molar-refractivity contribution is 0.276. The molecule has 0 radical (unpaired) electrons. The fraction of sp³-hybridized carbons (Fsp3) is 0.607. The second-order valence-corrected chi connectivity index (χ2v) is 22.6. The molecule has 0 bridgehead atoms. The van der Waals surface area contributed by atoms with Crippen molar-refractivity contribution in [2.45, 2.75) is 109 Å². The second-order valence-electron chi connectivity index (χ2n) is 12.9. The van der Waals surface area contributed by atoms with E-state index in [-0.39, 0.29) is 15.6 Å². The van der Waals surface area contributed by atoms with Crippen LogP contribution >= 0.6 is 0 Å². The lowest BCUT2D eigenvalue weighted by atomic mass is 10.1. The van der Waals surface area contributed by atoms with Crippen LogP contribution in [0, 0.1) is 6.57 Å². The molecule has 0 saturated heterocycles. The fourth-order valence-electron chi connectivity index (χ4n) is 2.72. The van der Waals surface area contributed by atoms with E-state index >= 15 is 0 Å². The predicted molar refractivity (Wildman–Crippen MR) is 154 cm³/mol. The van der Waals surface area contributed by atoms with Gasteiger partial charge in [-0.3, -0.25) is 4.98 Å². The molecule has 36 heavy (non-hydrogen) atoms. The fourth-order valence-corrected chi connectivity index (χ4v) is 4.64. The highest BCUT2D eigenvalue weighted by Crippen LogP contribution is 2.41. The maximum Gasteiger partial charge on any atom is 0.269 e. The molecule has 6 nitrogen and oxygen atoms in total. The van der Waals surface area contributed by atoms with Crippen molar-refractivity contribution in [3.8, 4) is 0 Å². The van der Waals surface area contributed by atoms with E-state index in [9.17, 15) is 0 Å². The van der Waals surface area contributed by atoms with E-state index in [1.54, 1.807) is 12.3 Å². The molecule has 1 fully saturated rings. The summed E-state index contributed by atoms with van der Waals surface area (Å²) in [5.74, 6) is 0.432. The summed E-state index contributed by atoms with van der Waals surface area (Å²) in [5, 5.41) is 0.465. The zero-order valence-corrected chi connectivity index (χ0v) is 26.0. The van der Waals surface area contributed by atoms with Crippen LogP contribution in [-0.4, -0.2) is 26.6 Å². The van der Waals surface area contributed by atoms with Gasteiger partial charge in [0.2, 0.25) is 0 Å². The SMILES string of the molecule is CC(C)(C)[Si](C)(C)OCc1ccc(C2(N)CC2)nc1.[C-]#[N+]c1ccc(CO[Si](C)(C)C(C)(C)C)cn1. The van der Waals surface area contributed by atoms with Crippen molar-refractivity contribution < 1.29 is 8.85 Å². The van der Waals surface area contributed by atoms with E-state index in [1.807, 2.05) is 12.3 Å². The van der Waals surface area contributed by atoms with Crippen molar-refractivity contribution in [3.63, 3.8) is 0 Å². The molecule has 0 aliphatic heterocycles. The maximum atomic E-state index is 6.84. The Kier molecular flexibility index (Phi) is 9.47. The minimum atomic E-state index is -1.70. The summed E-state index contributed by atoms with van der Waals surface area (Å²) >= 11 is 0. The van der Waals surface area contributed by atoms with Gasteiger partial charge in [0, 0.05) is 11.8 Å². The van der Waals surface area contributed by atoms with Crippen LogP contribution in [0.1, 0.15) is 71.2 Å². The molecule has 1 saturated carbocycles. The highest BCUT2D eigenvalue weighted by Gasteiger charge is 2.41. The molecule has 198 valence electrons. The van der Waals surface area contributed by atoms with Gasteiger partial charge in [-0.15, -0.1) is 4.98 Å². The first-order chi connectivity index (χ1) is 16.4. The third-order valence-electron chi connectivity index (χ3n) is 7.86. The molecule has 1 aliphatic carbocycles. The van der Waals surface area contributed by atoms with E-state index in [1.165, 1.54) is 0 Å². The average Bonchev–Trinajstić information content (AvgIpc) is 3.54. The van der Waals surface area contributed by atoms with Gasteiger partial charge in [0.15, 0.2) is 16.6 Å². The van der Waals surface area contributed by atoms with Crippen molar-refractivity contribution in [1.29, 1.82) is 0 Å². The summed E-state index contributed by atoms with van der Waals surface area (Å²) < 4.78 is 12.3. The number of hydrogen-bond acceptors (Lipinski definition) is 5. The Bertz CT molecular complexity index is 1030. The van der Waals surface area contributed by atoms with Gasteiger partial charge in [-0.05, 0) is 66.8 Å². The summed E-state index contributed by atoms with van der Waals surface area (Å²) in [6.07, 6.45) is 5.75. The van der Waals surface area contributed by atoms with Gasteiger partial charge in [-0.25, -0.2) is 0 Å². The predicted octanol–water partition coefficient (Wildman–Crippen LogP) is 7.71. The summed E-state index contributed by atoms with van der Waals surface area (Å²) in [6, 6.07) is 7.80. The molecular formula is C28H46N4O2Si2. The molecule has 2 heterocycles. The third-order valence-corrected chi connectivity index (χ3v) is 16.8. The van der Waals surface area contributed by atoms with Crippen LogP contribution < -0.4 is 5.73 Å². The molecule has 1 aliphatic rings. The van der Waals surface area contributed by atoms with Gasteiger partial charge in [-0.1, -0.05) is 60.2 Å². The Hall–Kier alpha value is -1.90. The van der Waals surface area contributed by atoms with Gasteiger partial charge in [0.25, 0.3) is 5.82 Å². The number of rotatable bonds is 7. The van der Waals surface area contributed by atoms with Crippen LogP contribution in [-0.2, 0) is 27.6 Å². The monoisotopic (exact) mass is 526 g/mol. The van der Waals surface area contributed by atoms with Gasteiger partial charge in [-0.2, -0.15) is 0 Å². The van der Waals surface area contributed by atoms with Gasteiger partial charge >= 0.3 is 0 Å². The lowest BCUT2D eigenvalue weighted by Crippen LogP contribution is -2.40. The summed E-state index contributed by atoms with van der Waals surface area (Å²) in [4.78, 5) is 11.8. The zero-order valence-electron chi connectivity index (χ0n) is 24.0. The smallest absolute Gasteiger partial charge is 0.269 e. The number of hydrogen-bond donors (Lipinski definition) is 1. The van der Waals surface area contributed by atoms with Crippen LogP contribution in [0.15, 0.2) is 36.7 Å². The van der Waals surface area contributed by atoms with E-state index in [0.29, 0.717) is 19.0 Å². The quantitative estimate of drug-likeness (QED) is 0.295. The van der Waals surface area contributed by atoms with E-state index in [4.69, 9.17) is 21.2 Å². The molecule has 3 rings (SSSR count). The Labute approximate surface area is 221 Å².